The Morgan fingerprint density at radius 1 is 1.14 bits per heavy atom. The molecule has 3 atom stereocenters. The fourth-order valence-electron chi connectivity index (χ4n) is 3.35. The summed E-state index contributed by atoms with van der Waals surface area (Å²) in [7, 11) is 1.18. The molecule has 0 bridgehead atoms. The van der Waals surface area contributed by atoms with E-state index in [1.165, 1.54) is 12.0 Å². The van der Waals surface area contributed by atoms with E-state index < -0.39 is 66.5 Å². The van der Waals surface area contributed by atoms with Crippen molar-refractivity contribution in [2.75, 3.05) is 13.7 Å². The molecule has 0 heterocycles. The molecule has 3 unspecified atom stereocenters. The van der Waals surface area contributed by atoms with Crippen molar-refractivity contribution in [3.05, 3.63) is 35.4 Å². The molecule has 0 spiro atoms. The fourth-order valence-corrected chi connectivity index (χ4v) is 3.35. The van der Waals surface area contributed by atoms with Crippen molar-refractivity contribution in [2.45, 2.75) is 71.2 Å². The molecular weight excluding hydrogens is 480 g/mol. The maximum Gasteiger partial charge on any atom is 0.408 e. The Kier molecular flexibility index (Phi) is 11.6. The number of primary amides is 1. The molecule has 4 N–H and O–H groups in total. The zero-order valence-corrected chi connectivity index (χ0v) is 22.1. The molecule has 0 aliphatic carbocycles. The van der Waals surface area contributed by atoms with Gasteiger partial charge in [-0.25, -0.2) is 4.79 Å². The van der Waals surface area contributed by atoms with E-state index in [1.807, 2.05) is 0 Å². The maximum absolute atomic E-state index is 13.9. The number of alkyl carbamates (subject to hydrolysis) is 1. The monoisotopic (exact) mass is 516 g/mol. The molecule has 0 aliphatic heterocycles. The molecule has 0 saturated heterocycles. The van der Waals surface area contributed by atoms with E-state index in [4.69, 9.17) is 16.9 Å². The predicted octanol–water partition coefficient (Wildman–Crippen LogP) is 1.39. The van der Waals surface area contributed by atoms with Crippen LogP contribution in [0.2, 0.25) is 0 Å². The summed E-state index contributed by atoms with van der Waals surface area (Å²) < 4.78 is 9.83. The van der Waals surface area contributed by atoms with Gasteiger partial charge in [0.2, 0.25) is 17.7 Å². The Hall–Kier alpha value is -4.07. The smallest absolute Gasteiger partial charge is 0.408 e. The zero-order chi connectivity index (χ0) is 28.3. The highest BCUT2D eigenvalue weighted by atomic mass is 16.6. The number of terminal acetylenes is 1. The van der Waals surface area contributed by atoms with Gasteiger partial charge < -0.3 is 30.7 Å². The minimum absolute atomic E-state index is 0.394. The van der Waals surface area contributed by atoms with Gasteiger partial charge in [0.1, 0.15) is 24.2 Å². The van der Waals surface area contributed by atoms with Crippen molar-refractivity contribution in [2.24, 2.45) is 5.73 Å². The van der Waals surface area contributed by atoms with E-state index in [1.54, 1.807) is 58.9 Å². The molecule has 1 aromatic carbocycles. The van der Waals surface area contributed by atoms with Gasteiger partial charge in [-0.1, -0.05) is 25.0 Å². The van der Waals surface area contributed by atoms with Crippen LogP contribution in [0.1, 0.15) is 64.6 Å². The number of nitrogens with two attached hydrogens (primary N) is 1. The van der Waals surface area contributed by atoms with Crippen LogP contribution in [0.15, 0.2) is 24.3 Å². The van der Waals surface area contributed by atoms with Gasteiger partial charge in [0, 0.05) is 11.6 Å². The van der Waals surface area contributed by atoms with Crippen molar-refractivity contribution in [1.29, 1.82) is 0 Å². The molecule has 202 valence electrons. The minimum atomic E-state index is -1.41. The van der Waals surface area contributed by atoms with Crippen molar-refractivity contribution >= 4 is 29.8 Å². The van der Waals surface area contributed by atoms with Gasteiger partial charge in [-0.15, -0.1) is 6.42 Å². The van der Waals surface area contributed by atoms with E-state index in [0.717, 1.165) is 0 Å². The third kappa shape index (κ3) is 9.83. The van der Waals surface area contributed by atoms with Crippen molar-refractivity contribution < 1.29 is 33.4 Å². The standard InChI is InChI=1S/C26H36N4O7/c1-8-16(3)30(24(34)19(14-20(27)31)29-25(35)37-26(4,5)6)22(23(33)28-15-21(32)36-7)18-12-10-17(9-2)11-13-18/h2,10-13,16,19,22H,8,14-15H2,1,3-7H3,(H2,27,31)(H,28,33)(H,29,35). The quantitative estimate of drug-likeness (QED) is 0.296. The second-order valence-corrected chi connectivity index (χ2v) is 9.33. The number of methoxy groups -OCH3 is 1. The van der Waals surface area contributed by atoms with Crippen LogP contribution < -0.4 is 16.4 Å². The summed E-state index contributed by atoms with van der Waals surface area (Å²) in [6.45, 7) is 8.01. The van der Waals surface area contributed by atoms with Crippen LogP contribution >= 0.6 is 0 Å². The first-order valence-corrected chi connectivity index (χ1v) is 11.7. The molecule has 0 fully saturated rings. The SMILES string of the molecule is C#Cc1ccc(C(C(=O)NCC(=O)OC)N(C(=O)C(CC(N)=O)NC(=O)OC(C)(C)C)C(C)CC)cc1. The minimum Gasteiger partial charge on any atom is -0.468 e. The van der Waals surface area contributed by atoms with Gasteiger partial charge in [0.15, 0.2) is 0 Å². The van der Waals surface area contributed by atoms with Crippen LogP contribution in [-0.2, 0) is 28.7 Å². The van der Waals surface area contributed by atoms with Gasteiger partial charge in [-0.05, 0) is 51.8 Å². The average Bonchev–Trinajstić information content (AvgIpc) is 2.82. The third-order valence-corrected chi connectivity index (χ3v) is 5.27. The van der Waals surface area contributed by atoms with Gasteiger partial charge >= 0.3 is 12.1 Å². The number of rotatable bonds is 11. The van der Waals surface area contributed by atoms with Gasteiger partial charge in [-0.2, -0.15) is 0 Å². The highest BCUT2D eigenvalue weighted by Gasteiger charge is 2.39. The van der Waals surface area contributed by atoms with E-state index in [-0.39, 0.29) is 0 Å². The summed E-state index contributed by atoms with van der Waals surface area (Å²) in [5.74, 6) is -0.465. The largest absolute Gasteiger partial charge is 0.468 e. The number of ether oxygens (including phenoxy) is 2. The second-order valence-electron chi connectivity index (χ2n) is 9.33. The van der Waals surface area contributed by atoms with Crippen LogP contribution in [0.4, 0.5) is 4.79 Å². The van der Waals surface area contributed by atoms with Crippen LogP contribution in [0, 0.1) is 12.3 Å². The first-order chi connectivity index (χ1) is 17.2. The fraction of sp³-hybridized carbons (Fsp3) is 0.500. The lowest BCUT2D eigenvalue weighted by Gasteiger charge is -2.38. The number of amides is 4. The van der Waals surface area contributed by atoms with E-state index in [0.29, 0.717) is 17.5 Å². The van der Waals surface area contributed by atoms with Gasteiger partial charge in [-0.3, -0.25) is 19.2 Å². The lowest BCUT2D eigenvalue weighted by atomic mass is 9.98. The number of hydrogen-bond donors (Lipinski definition) is 3. The van der Waals surface area contributed by atoms with Gasteiger partial charge in [0.05, 0.1) is 13.5 Å². The number of nitrogens with zero attached hydrogens (tertiary/aromatic N) is 1. The highest BCUT2D eigenvalue weighted by molar-refractivity contribution is 5.95. The normalized spacial score (nSPS) is 13.2. The molecule has 11 heteroatoms. The summed E-state index contributed by atoms with van der Waals surface area (Å²) in [4.78, 5) is 64.4. The Morgan fingerprint density at radius 2 is 1.73 bits per heavy atom. The number of benzene rings is 1. The molecule has 11 nitrogen and oxygen atoms in total. The molecule has 37 heavy (non-hydrogen) atoms. The first kappa shape index (κ1) is 31.0. The van der Waals surface area contributed by atoms with Crippen LogP contribution in [-0.4, -0.2) is 66.0 Å². The topological polar surface area (TPSA) is 157 Å². The summed E-state index contributed by atoms with van der Waals surface area (Å²) in [6.07, 6.45) is 4.41. The summed E-state index contributed by atoms with van der Waals surface area (Å²) >= 11 is 0. The molecule has 0 radical (unpaired) electrons. The van der Waals surface area contributed by atoms with Crippen molar-refractivity contribution in [3.63, 3.8) is 0 Å². The maximum atomic E-state index is 13.9. The van der Waals surface area contributed by atoms with E-state index in [9.17, 15) is 24.0 Å². The van der Waals surface area contributed by atoms with Crippen LogP contribution in [0.25, 0.3) is 0 Å². The Morgan fingerprint density at radius 3 is 2.19 bits per heavy atom. The summed E-state index contributed by atoms with van der Waals surface area (Å²) in [5.41, 5.74) is 5.45. The average molecular weight is 517 g/mol. The number of esters is 1. The molecular formula is C26H36N4O7. The molecule has 1 rings (SSSR count). The lowest BCUT2D eigenvalue weighted by Crippen LogP contribution is -2.56. The molecule has 4 amide bonds. The Labute approximate surface area is 217 Å². The van der Waals surface area contributed by atoms with Gasteiger partial charge in [0.25, 0.3) is 0 Å². The highest BCUT2D eigenvalue weighted by Crippen LogP contribution is 2.27. The first-order valence-electron chi connectivity index (χ1n) is 11.7. The van der Waals surface area contributed by atoms with Crippen LogP contribution in [0.5, 0.6) is 0 Å². The lowest BCUT2D eigenvalue weighted by molar-refractivity contribution is -0.147. The Balaban J connectivity index is 3.55. The number of nitrogens with one attached hydrogen (secondary N) is 2. The summed E-state index contributed by atoms with van der Waals surface area (Å²) in [5, 5.41) is 4.88. The number of carbonyl (C=O) groups is 5. The predicted molar refractivity (Wildman–Crippen MR) is 136 cm³/mol. The van der Waals surface area contributed by atoms with Crippen LogP contribution in [0.3, 0.4) is 0 Å². The van der Waals surface area contributed by atoms with Crippen molar-refractivity contribution in [3.8, 4) is 12.3 Å². The third-order valence-electron chi connectivity index (χ3n) is 5.27. The second kappa shape index (κ2) is 13.9. The molecule has 0 saturated carbocycles. The van der Waals surface area contributed by atoms with Crippen molar-refractivity contribution in [1.82, 2.24) is 15.5 Å². The van der Waals surface area contributed by atoms with E-state index >= 15 is 0 Å². The zero-order valence-electron chi connectivity index (χ0n) is 22.1. The molecule has 0 aromatic heterocycles. The van der Waals surface area contributed by atoms with E-state index in [2.05, 4.69) is 21.3 Å². The number of hydrogen-bond acceptors (Lipinski definition) is 7. The number of carbonyl (C=O) groups excluding carboxylic acids is 5. The molecule has 0 aliphatic rings. The molecule has 1 aromatic rings. The summed E-state index contributed by atoms with van der Waals surface area (Å²) in [6, 6.07) is 3.20. The Bertz CT molecular complexity index is 1020.